The highest BCUT2D eigenvalue weighted by molar-refractivity contribution is 5.51. The van der Waals surface area contributed by atoms with Gasteiger partial charge in [0.15, 0.2) is 0 Å². The Balaban J connectivity index is 1.33. The quantitative estimate of drug-likeness (QED) is 0.678. The molecule has 0 bridgehead atoms. The van der Waals surface area contributed by atoms with Gasteiger partial charge in [0, 0.05) is 50.3 Å². The number of pyridine rings is 2. The molecular weight excluding hydrogens is 373 g/mol. The first-order valence-corrected chi connectivity index (χ1v) is 8.72. The van der Waals surface area contributed by atoms with Gasteiger partial charge in [0.2, 0.25) is 11.7 Å². The van der Waals surface area contributed by atoms with Crippen molar-refractivity contribution in [2.75, 3.05) is 31.1 Å². The van der Waals surface area contributed by atoms with Crippen molar-refractivity contribution >= 4 is 5.82 Å². The molecule has 10 heteroatoms. The molecule has 1 saturated heterocycles. The molecule has 0 aromatic carbocycles. The minimum Gasteiger partial charge on any atom is -0.354 e. The van der Waals surface area contributed by atoms with Gasteiger partial charge in [-0.3, -0.25) is 9.88 Å². The van der Waals surface area contributed by atoms with Crippen molar-refractivity contribution in [3.8, 4) is 11.4 Å². The molecule has 0 aliphatic carbocycles. The lowest BCUT2D eigenvalue weighted by molar-refractivity contribution is -0.137. The van der Waals surface area contributed by atoms with Crippen LogP contribution in [-0.2, 0) is 12.7 Å². The van der Waals surface area contributed by atoms with Crippen LogP contribution in [0.3, 0.4) is 0 Å². The Kier molecular flexibility index (Phi) is 4.95. The van der Waals surface area contributed by atoms with Crippen molar-refractivity contribution in [2.45, 2.75) is 12.7 Å². The number of anilines is 1. The molecule has 0 radical (unpaired) electrons. The zero-order valence-corrected chi connectivity index (χ0v) is 14.8. The van der Waals surface area contributed by atoms with Crippen LogP contribution in [0, 0.1) is 0 Å². The minimum atomic E-state index is -4.37. The number of piperazine rings is 1. The van der Waals surface area contributed by atoms with E-state index < -0.39 is 11.7 Å². The fraction of sp³-hybridized carbons (Fsp3) is 0.333. The van der Waals surface area contributed by atoms with E-state index in [0.29, 0.717) is 50.3 Å². The van der Waals surface area contributed by atoms with Gasteiger partial charge in [-0.25, -0.2) is 4.98 Å². The van der Waals surface area contributed by atoms with E-state index >= 15 is 0 Å². The Morgan fingerprint density at radius 3 is 2.50 bits per heavy atom. The first kappa shape index (κ1) is 18.4. The van der Waals surface area contributed by atoms with Crippen LogP contribution < -0.4 is 4.90 Å². The molecule has 0 spiro atoms. The molecule has 0 atom stereocenters. The average molecular weight is 390 g/mol. The molecule has 146 valence electrons. The van der Waals surface area contributed by atoms with Crippen molar-refractivity contribution in [3.05, 3.63) is 54.3 Å². The van der Waals surface area contributed by atoms with E-state index in [-0.39, 0.29) is 0 Å². The standard InChI is InChI=1S/C18H17F3N6O/c19-18(20,21)14-3-4-15(23-11-14)27-8-6-26(7-9-27)12-16-24-17(25-28-16)13-2-1-5-22-10-13/h1-5,10-11H,6-9,12H2. The lowest BCUT2D eigenvalue weighted by Crippen LogP contribution is -2.46. The summed E-state index contributed by atoms with van der Waals surface area (Å²) in [6, 6.07) is 6.14. The van der Waals surface area contributed by atoms with E-state index in [1.54, 1.807) is 18.5 Å². The summed E-state index contributed by atoms with van der Waals surface area (Å²) in [4.78, 5) is 16.5. The molecule has 1 aliphatic heterocycles. The topological polar surface area (TPSA) is 71.2 Å². The number of nitrogens with zero attached hydrogens (tertiary/aromatic N) is 6. The number of aromatic nitrogens is 4. The highest BCUT2D eigenvalue weighted by Crippen LogP contribution is 2.29. The second-order valence-electron chi connectivity index (χ2n) is 6.42. The van der Waals surface area contributed by atoms with Crippen LogP contribution in [-0.4, -0.2) is 51.2 Å². The molecule has 1 fully saturated rings. The highest BCUT2D eigenvalue weighted by Gasteiger charge is 2.31. The Bertz CT molecular complexity index is 905. The number of halogens is 3. The van der Waals surface area contributed by atoms with Crippen molar-refractivity contribution in [2.24, 2.45) is 0 Å². The van der Waals surface area contributed by atoms with E-state index in [1.165, 1.54) is 6.07 Å². The summed E-state index contributed by atoms with van der Waals surface area (Å²) in [7, 11) is 0. The Hall–Kier alpha value is -3.01. The summed E-state index contributed by atoms with van der Waals surface area (Å²) in [6.07, 6.45) is -0.150. The van der Waals surface area contributed by atoms with Gasteiger partial charge in [-0.15, -0.1) is 0 Å². The summed E-state index contributed by atoms with van der Waals surface area (Å²) in [5.41, 5.74) is 0.0476. The van der Waals surface area contributed by atoms with Gasteiger partial charge in [0.05, 0.1) is 12.1 Å². The van der Waals surface area contributed by atoms with Crippen molar-refractivity contribution in [1.29, 1.82) is 0 Å². The number of hydrogen-bond acceptors (Lipinski definition) is 7. The maximum atomic E-state index is 12.6. The van der Waals surface area contributed by atoms with Crippen LogP contribution in [0.15, 0.2) is 47.4 Å². The van der Waals surface area contributed by atoms with Crippen molar-refractivity contribution < 1.29 is 17.7 Å². The van der Waals surface area contributed by atoms with Gasteiger partial charge < -0.3 is 9.42 Å². The summed E-state index contributed by atoms with van der Waals surface area (Å²) < 4.78 is 43.3. The molecule has 28 heavy (non-hydrogen) atoms. The average Bonchev–Trinajstić information content (AvgIpc) is 3.17. The van der Waals surface area contributed by atoms with E-state index in [0.717, 1.165) is 17.8 Å². The maximum absolute atomic E-state index is 12.6. The molecule has 3 aromatic heterocycles. The van der Waals surface area contributed by atoms with Gasteiger partial charge in [0.25, 0.3) is 0 Å². The normalized spacial score (nSPS) is 15.8. The molecule has 0 amide bonds. The molecule has 0 unspecified atom stereocenters. The number of alkyl halides is 3. The van der Waals surface area contributed by atoms with Gasteiger partial charge >= 0.3 is 6.18 Å². The van der Waals surface area contributed by atoms with Gasteiger partial charge in [-0.1, -0.05) is 5.16 Å². The molecule has 7 nitrogen and oxygen atoms in total. The molecule has 3 aromatic rings. The van der Waals surface area contributed by atoms with Crippen LogP contribution in [0.4, 0.5) is 19.0 Å². The Morgan fingerprint density at radius 1 is 1.04 bits per heavy atom. The third kappa shape index (κ3) is 4.11. The van der Waals surface area contributed by atoms with Gasteiger partial charge in [0.1, 0.15) is 5.82 Å². The zero-order valence-electron chi connectivity index (χ0n) is 14.8. The second kappa shape index (κ2) is 7.55. The van der Waals surface area contributed by atoms with Crippen LogP contribution in [0.25, 0.3) is 11.4 Å². The minimum absolute atomic E-state index is 0.496. The predicted octanol–water partition coefficient (Wildman–Crippen LogP) is 2.87. The maximum Gasteiger partial charge on any atom is 0.417 e. The Labute approximate surface area is 158 Å². The summed E-state index contributed by atoms with van der Waals surface area (Å²) in [6.45, 7) is 3.26. The zero-order chi connectivity index (χ0) is 19.6. The van der Waals surface area contributed by atoms with E-state index in [1.807, 2.05) is 11.0 Å². The second-order valence-corrected chi connectivity index (χ2v) is 6.42. The van der Waals surface area contributed by atoms with Crippen LogP contribution in [0.2, 0.25) is 0 Å². The lowest BCUT2D eigenvalue weighted by Gasteiger charge is -2.34. The molecule has 1 aliphatic rings. The fourth-order valence-corrected chi connectivity index (χ4v) is 3.00. The third-order valence-corrected chi connectivity index (χ3v) is 4.52. The van der Waals surface area contributed by atoms with Crippen molar-refractivity contribution in [3.63, 3.8) is 0 Å². The van der Waals surface area contributed by atoms with Crippen molar-refractivity contribution in [1.82, 2.24) is 25.0 Å². The molecule has 4 heterocycles. The van der Waals surface area contributed by atoms with Crippen LogP contribution in [0.1, 0.15) is 11.5 Å². The van der Waals surface area contributed by atoms with E-state index in [9.17, 15) is 13.2 Å². The fourth-order valence-electron chi connectivity index (χ4n) is 3.00. The first-order valence-electron chi connectivity index (χ1n) is 8.72. The predicted molar refractivity (Wildman–Crippen MR) is 94.3 cm³/mol. The SMILES string of the molecule is FC(F)(F)c1ccc(N2CCN(Cc3nc(-c4cccnc4)no3)CC2)nc1. The van der Waals surface area contributed by atoms with E-state index in [2.05, 4.69) is 25.0 Å². The number of rotatable bonds is 4. The summed E-state index contributed by atoms with van der Waals surface area (Å²) in [5, 5.41) is 3.98. The lowest BCUT2D eigenvalue weighted by atomic mass is 10.2. The van der Waals surface area contributed by atoms with Crippen LogP contribution in [0.5, 0.6) is 0 Å². The smallest absolute Gasteiger partial charge is 0.354 e. The van der Waals surface area contributed by atoms with Crippen LogP contribution >= 0.6 is 0 Å². The summed E-state index contributed by atoms with van der Waals surface area (Å²) >= 11 is 0. The third-order valence-electron chi connectivity index (χ3n) is 4.52. The highest BCUT2D eigenvalue weighted by atomic mass is 19.4. The van der Waals surface area contributed by atoms with E-state index in [4.69, 9.17) is 4.52 Å². The molecule has 0 saturated carbocycles. The molecular formula is C18H17F3N6O. The van der Waals surface area contributed by atoms with Gasteiger partial charge in [-0.2, -0.15) is 18.2 Å². The van der Waals surface area contributed by atoms with Gasteiger partial charge in [-0.05, 0) is 24.3 Å². The largest absolute Gasteiger partial charge is 0.417 e. The Morgan fingerprint density at radius 2 is 1.86 bits per heavy atom. The number of hydrogen-bond donors (Lipinski definition) is 0. The monoisotopic (exact) mass is 390 g/mol. The molecule has 4 rings (SSSR count). The summed E-state index contributed by atoms with van der Waals surface area (Å²) in [5.74, 6) is 1.56. The molecule has 0 N–H and O–H groups in total. The first-order chi connectivity index (χ1) is 13.5.